The maximum absolute atomic E-state index is 14.4. The first kappa shape index (κ1) is 18.0. The van der Waals surface area contributed by atoms with Crippen LogP contribution in [-0.4, -0.2) is 6.36 Å². The second kappa shape index (κ2) is 6.81. The molecule has 0 saturated heterocycles. The van der Waals surface area contributed by atoms with Gasteiger partial charge in [-0.2, -0.15) is 0 Å². The van der Waals surface area contributed by atoms with Gasteiger partial charge in [0, 0.05) is 5.39 Å². The largest absolute Gasteiger partial charge is 0.573 e. The lowest BCUT2D eigenvalue weighted by atomic mass is 9.80. The third kappa shape index (κ3) is 3.88. The van der Waals surface area contributed by atoms with Crippen molar-refractivity contribution in [3.05, 3.63) is 41.0 Å². The summed E-state index contributed by atoms with van der Waals surface area (Å²) in [5, 5.41) is 0.228. The van der Waals surface area contributed by atoms with E-state index in [9.17, 15) is 22.0 Å². The van der Waals surface area contributed by atoms with Gasteiger partial charge < -0.3 is 4.74 Å². The standard InChI is InChI=1S/C19H19F5O/c1-2-3-4-11-5-6-12-9-15-14(8-13(12)7-11)10-16(20)18(17(15)21)25-19(22,23)24/h8-11H,2-7H2,1H3. The summed E-state index contributed by atoms with van der Waals surface area (Å²) in [7, 11) is 0. The number of ether oxygens (including phenoxy) is 1. The van der Waals surface area contributed by atoms with Gasteiger partial charge in [0.15, 0.2) is 11.6 Å². The number of hydrogen-bond donors (Lipinski definition) is 0. The van der Waals surface area contributed by atoms with Gasteiger partial charge in [-0.25, -0.2) is 8.78 Å². The molecule has 0 spiro atoms. The van der Waals surface area contributed by atoms with E-state index in [-0.39, 0.29) is 10.8 Å². The Kier molecular flexibility index (Phi) is 4.89. The van der Waals surface area contributed by atoms with E-state index in [1.165, 1.54) is 0 Å². The molecule has 1 nitrogen and oxygen atoms in total. The molecule has 1 atom stereocenters. The summed E-state index contributed by atoms with van der Waals surface area (Å²) in [6.45, 7) is 2.14. The van der Waals surface area contributed by atoms with Crippen LogP contribution in [0.15, 0.2) is 18.2 Å². The number of hydrogen-bond acceptors (Lipinski definition) is 1. The highest BCUT2D eigenvalue weighted by Crippen LogP contribution is 2.37. The van der Waals surface area contributed by atoms with Crippen molar-refractivity contribution in [2.45, 2.75) is 51.8 Å². The van der Waals surface area contributed by atoms with Gasteiger partial charge in [0.2, 0.25) is 5.75 Å². The lowest BCUT2D eigenvalue weighted by molar-refractivity contribution is -0.276. The van der Waals surface area contributed by atoms with Gasteiger partial charge in [-0.05, 0) is 53.8 Å². The zero-order valence-corrected chi connectivity index (χ0v) is 13.9. The van der Waals surface area contributed by atoms with Crippen LogP contribution in [0.25, 0.3) is 10.8 Å². The third-order valence-electron chi connectivity index (χ3n) is 4.82. The summed E-state index contributed by atoms with van der Waals surface area (Å²) in [6, 6.07) is 4.15. The Balaban J connectivity index is 1.99. The first-order valence-corrected chi connectivity index (χ1v) is 8.47. The summed E-state index contributed by atoms with van der Waals surface area (Å²) >= 11 is 0. The van der Waals surface area contributed by atoms with Crippen molar-refractivity contribution < 1.29 is 26.7 Å². The minimum Gasteiger partial charge on any atom is -0.399 e. The molecule has 0 aliphatic heterocycles. The van der Waals surface area contributed by atoms with Crippen molar-refractivity contribution in [2.24, 2.45) is 5.92 Å². The average Bonchev–Trinajstić information content (AvgIpc) is 2.54. The Morgan fingerprint density at radius 3 is 2.56 bits per heavy atom. The molecule has 0 amide bonds. The average molecular weight is 358 g/mol. The van der Waals surface area contributed by atoms with Crippen molar-refractivity contribution in [1.29, 1.82) is 0 Å². The summed E-state index contributed by atoms with van der Waals surface area (Å²) < 4.78 is 68.9. The normalized spacial score (nSPS) is 17.6. The number of halogens is 5. The summed E-state index contributed by atoms with van der Waals surface area (Å²) in [5.74, 6) is -3.49. The molecule has 2 aromatic rings. The van der Waals surface area contributed by atoms with Crippen LogP contribution in [0.2, 0.25) is 0 Å². The third-order valence-corrected chi connectivity index (χ3v) is 4.82. The van der Waals surface area contributed by atoms with Crippen LogP contribution in [0.3, 0.4) is 0 Å². The zero-order chi connectivity index (χ0) is 18.2. The summed E-state index contributed by atoms with van der Waals surface area (Å²) in [5.41, 5.74) is 1.95. The van der Waals surface area contributed by atoms with Crippen molar-refractivity contribution >= 4 is 10.8 Å². The van der Waals surface area contributed by atoms with E-state index in [0.717, 1.165) is 55.7 Å². The van der Waals surface area contributed by atoms with E-state index in [2.05, 4.69) is 11.7 Å². The Hall–Kier alpha value is -1.85. The maximum Gasteiger partial charge on any atom is 0.573 e. The van der Waals surface area contributed by atoms with E-state index in [4.69, 9.17) is 0 Å². The summed E-state index contributed by atoms with van der Waals surface area (Å²) in [6.07, 6.45) is 0.827. The van der Waals surface area contributed by atoms with Crippen molar-refractivity contribution in [3.8, 4) is 5.75 Å². The van der Waals surface area contributed by atoms with Gasteiger partial charge in [-0.15, -0.1) is 13.2 Å². The van der Waals surface area contributed by atoms with E-state index in [0.29, 0.717) is 5.92 Å². The molecule has 0 heterocycles. The molecule has 0 radical (unpaired) electrons. The highest BCUT2D eigenvalue weighted by Gasteiger charge is 2.34. The fourth-order valence-corrected chi connectivity index (χ4v) is 3.59. The summed E-state index contributed by atoms with van der Waals surface area (Å²) in [4.78, 5) is 0. The molecule has 1 aliphatic carbocycles. The molecular formula is C19H19F5O. The molecule has 0 aromatic heterocycles. The molecule has 0 N–H and O–H groups in total. The van der Waals surface area contributed by atoms with Gasteiger partial charge in [-0.1, -0.05) is 32.3 Å². The van der Waals surface area contributed by atoms with Gasteiger partial charge in [0.25, 0.3) is 0 Å². The Labute approximate surface area is 142 Å². The van der Waals surface area contributed by atoms with E-state index in [1.807, 2.05) is 0 Å². The lowest BCUT2D eigenvalue weighted by Crippen LogP contribution is -2.19. The van der Waals surface area contributed by atoms with E-state index < -0.39 is 23.7 Å². The fourth-order valence-electron chi connectivity index (χ4n) is 3.59. The second-order valence-electron chi connectivity index (χ2n) is 6.64. The van der Waals surface area contributed by atoms with Gasteiger partial charge in [-0.3, -0.25) is 0 Å². The van der Waals surface area contributed by atoms with E-state index >= 15 is 0 Å². The maximum atomic E-state index is 14.4. The van der Waals surface area contributed by atoms with Crippen LogP contribution in [0.1, 0.15) is 43.7 Å². The highest BCUT2D eigenvalue weighted by molar-refractivity contribution is 5.86. The van der Waals surface area contributed by atoms with Crippen molar-refractivity contribution in [3.63, 3.8) is 0 Å². The van der Waals surface area contributed by atoms with Crippen molar-refractivity contribution in [1.82, 2.24) is 0 Å². The van der Waals surface area contributed by atoms with Crippen LogP contribution >= 0.6 is 0 Å². The molecule has 3 rings (SSSR count). The van der Waals surface area contributed by atoms with E-state index in [1.54, 1.807) is 12.1 Å². The predicted molar refractivity (Wildman–Crippen MR) is 85.6 cm³/mol. The Bertz CT molecular complexity index is 782. The number of benzene rings is 2. The second-order valence-corrected chi connectivity index (χ2v) is 6.64. The van der Waals surface area contributed by atoms with Gasteiger partial charge in [0.05, 0.1) is 0 Å². The molecule has 2 aromatic carbocycles. The molecule has 25 heavy (non-hydrogen) atoms. The molecule has 1 aliphatic rings. The molecule has 0 fully saturated rings. The molecule has 0 saturated carbocycles. The number of fused-ring (bicyclic) bond motifs is 2. The number of unbranched alkanes of at least 4 members (excludes halogenated alkanes) is 1. The minimum absolute atomic E-state index is 0.0357. The Morgan fingerprint density at radius 1 is 1.12 bits per heavy atom. The molecule has 6 heteroatoms. The predicted octanol–water partition coefficient (Wildman–Crippen LogP) is 6.31. The lowest BCUT2D eigenvalue weighted by Gasteiger charge is -2.25. The van der Waals surface area contributed by atoms with Crippen LogP contribution in [0.5, 0.6) is 5.75 Å². The van der Waals surface area contributed by atoms with Crippen molar-refractivity contribution in [2.75, 3.05) is 0 Å². The fraction of sp³-hybridized carbons (Fsp3) is 0.474. The SMILES string of the molecule is CCCCC1CCc2cc3c(F)c(OC(F)(F)F)c(F)cc3cc2C1. The van der Waals surface area contributed by atoms with Crippen LogP contribution in [-0.2, 0) is 12.8 Å². The van der Waals surface area contributed by atoms with Crippen LogP contribution in [0.4, 0.5) is 22.0 Å². The monoisotopic (exact) mass is 358 g/mol. The van der Waals surface area contributed by atoms with Crippen LogP contribution in [0, 0.1) is 17.6 Å². The Morgan fingerprint density at radius 2 is 1.88 bits per heavy atom. The van der Waals surface area contributed by atoms with Crippen LogP contribution < -0.4 is 4.74 Å². The highest BCUT2D eigenvalue weighted by atomic mass is 19.4. The first-order valence-electron chi connectivity index (χ1n) is 8.47. The number of aryl methyl sites for hydroxylation is 1. The molecule has 1 unspecified atom stereocenters. The smallest absolute Gasteiger partial charge is 0.399 e. The number of rotatable bonds is 4. The first-order chi connectivity index (χ1) is 11.8. The quantitative estimate of drug-likeness (QED) is 0.582. The topological polar surface area (TPSA) is 9.23 Å². The molecular weight excluding hydrogens is 339 g/mol. The van der Waals surface area contributed by atoms with Gasteiger partial charge >= 0.3 is 6.36 Å². The molecule has 0 bridgehead atoms. The van der Waals surface area contributed by atoms with Gasteiger partial charge in [0.1, 0.15) is 0 Å². The molecule has 136 valence electrons. The number of alkyl halides is 3. The minimum atomic E-state index is -5.14. The zero-order valence-electron chi connectivity index (χ0n) is 13.9.